The van der Waals surface area contributed by atoms with Crippen LogP contribution in [-0.4, -0.2) is 54.5 Å². The Labute approximate surface area is 187 Å². The van der Waals surface area contributed by atoms with Crippen LogP contribution < -0.4 is 14.8 Å². The average molecular weight is 453 g/mol. The number of hydrogen-bond donors (Lipinski definition) is 2. The van der Waals surface area contributed by atoms with E-state index in [-0.39, 0.29) is 31.1 Å². The Morgan fingerprint density at radius 2 is 1.62 bits per heavy atom. The normalized spacial score (nSPS) is 12.6. The number of benzene rings is 1. The van der Waals surface area contributed by atoms with Crippen molar-refractivity contribution in [3.05, 3.63) is 23.8 Å². The zero-order valence-electron chi connectivity index (χ0n) is 19.0. The maximum atomic E-state index is 11.7. The number of aliphatic carboxylic acids is 1. The van der Waals surface area contributed by atoms with Gasteiger partial charge >= 0.3 is 24.1 Å². The van der Waals surface area contributed by atoms with Crippen molar-refractivity contribution in [1.29, 1.82) is 0 Å². The van der Waals surface area contributed by atoms with Crippen LogP contribution in [0.25, 0.3) is 0 Å². The first-order valence-electron chi connectivity index (χ1n) is 10.3. The molecule has 0 aliphatic rings. The molecule has 32 heavy (non-hydrogen) atoms. The first-order valence-corrected chi connectivity index (χ1v) is 10.3. The Bertz CT molecular complexity index is 807. The minimum Gasteiger partial charge on any atom is -0.480 e. The van der Waals surface area contributed by atoms with Crippen molar-refractivity contribution in [3.8, 4) is 11.5 Å². The third-order valence-corrected chi connectivity index (χ3v) is 4.12. The summed E-state index contributed by atoms with van der Waals surface area (Å²) >= 11 is 0. The van der Waals surface area contributed by atoms with E-state index in [4.69, 9.17) is 18.9 Å². The summed E-state index contributed by atoms with van der Waals surface area (Å²) in [5.41, 5.74) is 0.527. The molecule has 0 amide bonds. The third-order valence-electron chi connectivity index (χ3n) is 4.12. The molecule has 10 nitrogen and oxygen atoms in total. The molecule has 0 aromatic heterocycles. The molecule has 0 saturated carbocycles. The minimum absolute atomic E-state index is 0.00943. The van der Waals surface area contributed by atoms with Gasteiger partial charge in [0.1, 0.15) is 12.1 Å². The Balaban J connectivity index is 2.72. The molecule has 0 heterocycles. The van der Waals surface area contributed by atoms with Crippen molar-refractivity contribution in [2.24, 2.45) is 5.92 Å². The van der Waals surface area contributed by atoms with E-state index in [9.17, 15) is 24.3 Å². The highest BCUT2D eigenvalue weighted by molar-refractivity contribution is 5.75. The first-order chi connectivity index (χ1) is 15.0. The molecule has 0 fully saturated rings. The van der Waals surface area contributed by atoms with Gasteiger partial charge in [-0.05, 0) is 43.4 Å². The lowest BCUT2D eigenvalue weighted by Crippen LogP contribution is -2.42. The summed E-state index contributed by atoms with van der Waals surface area (Å²) in [6, 6.07) is 3.41. The summed E-state index contributed by atoms with van der Waals surface area (Å²) in [4.78, 5) is 45.9. The Morgan fingerprint density at radius 3 is 2.19 bits per heavy atom. The number of ether oxygens (including phenoxy) is 4. The van der Waals surface area contributed by atoms with E-state index in [1.165, 1.54) is 26.0 Å². The number of esters is 2. The highest BCUT2D eigenvalue weighted by Crippen LogP contribution is 2.29. The van der Waals surface area contributed by atoms with Crippen LogP contribution >= 0.6 is 0 Å². The van der Waals surface area contributed by atoms with Crippen LogP contribution in [0.15, 0.2) is 18.2 Å². The van der Waals surface area contributed by atoms with Crippen LogP contribution in [0.5, 0.6) is 11.5 Å². The summed E-state index contributed by atoms with van der Waals surface area (Å²) < 4.78 is 20.1. The molecular weight excluding hydrogens is 422 g/mol. The summed E-state index contributed by atoms with van der Waals surface area (Å²) in [7, 11) is 0. The predicted molar refractivity (Wildman–Crippen MR) is 114 cm³/mol. The molecule has 0 aliphatic carbocycles. The van der Waals surface area contributed by atoms with Crippen molar-refractivity contribution in [2.45, 2.75) is 59.6 Å². The first kappa shape index (κ1) is 26.9. The number of carboxylic acids is 1. The van der Waals surface area contributed by atoms with Gasteiger partial charge in [0.25, 0.3) is 0 Å². The summed E-state index contributed by atoms with van der Waals surface area (Å²) in [5.74, 6) is -1.87. The van der Waals surface area contributed by atoms with Gasteiger partial charge in [0.15, 0.2) is 11.5 Å². The van der Waals surface area contributed by atoms with E-state index in [1.807, 2.05) is 13.8 Å². The van der Waals surface area contributed by atoms with Crippen molar-refractivity contribution in [1.82, 2.24) is 5.32 Å². The van der Waals surface area contributed by atoms with Crippen LogP contribution in [0, 0.1) is 5.92 Å². The molecular formula is C22H31NO9. The fourth-order valence-electron chi connectivity index (χ4n) is 2.56. The Morgan fingerprint density at radius 1 is 1.00 bits per heavy atom. The number of hydrogen-bond acceptors (Lipinski definition) is 9. The van der Waals surface area contributed by atoms with Gasteiger partial charge in [0.2, 0.25) is 0 Å². The Kier molecular flexibility index (Phi) is 11.2. The number of carbonyl (C=O) groups is 4. The highest BCUT2D eigenvalue weighted by Gasteiger charge is 2.21. The van der Waals surface area contributed by atoms with E-state index in [0.717, 1.165) is 0 Å². The van der Waals surface area contributed by atoms with Crippen molar-refractivity contribution in [3.63, 3.8) is 0 Å². The minimum atomic E-state index is -1.12. The fraction of sp³-hybridized carbons (Fsp3) is 0.545. The SMILES string of the molecule is CC(=O)Oc1ccc(C[C@H](NCC(C)OC(=O)OCCC(C)C)C(=O)O)cc1OC(C)=O. The van der Waals surface area contributed by atoms with E-state index >= 15 is 0 Å². The molecule has 1 aromatic rings. The highest BCUT2D eigenvalue weighted by atomic mass is 16.7. The lowest BCUT2D eigenvalue weighted by atomic mass is 10.0. The van der Waals surface area contributed by atoms with Gasteiger partial charge in [-0.2, -0.15) is 0 Å². The van der Waals surface area contributed by atoms with Crippen LogP contribution in [-0.2, 0) is 30.3 Å². The van der Waals surface area contributed by atoms with Crippen LogP contribution in [0.1, 0.15) is 46.6 Å². The molecule has 0 spiro atoms. The van der Waals surface area contributed by atoms with Gasteiger partial charge in [-0.3, -0.25) is 14.4 Å². The maximum absolute atomic E-state index is 11.7. The molecule has 10 heteroatoms. The third kappa shape index (κ3) is 10.8. The molecule has 2 atom stereocenters. The number of nitrogens with one attached hydrogen (secondary N) is 1. The molecule has 1 unspecified atom stereocenters. The topological polar surface area (TPSA) is 137 Å². The summed E-state index contributed by atoms with van der Waals surface area (Å²) in [6.45, 7) is 8.36. The number of rotatable bonds is 12. The second-order valence-electron chi connectivity index (χ2n) is 7.68. The van der Waals surface area contributed by atoms with Gasteiger partial charge in [-0.15, -0.1) is 0 Å². The van der Waals surface area contributed by atoms with Crippen LogP contribution in [0.3, 0.4) is 0 Å². The van der Waals surface area contributed by atoms with Gasteiger partial charge in [0.05, 0.1) is 6.61 Å². The Hall–Kier alpha value is -3.14. The fourth-order valence-corrected chi connectivity index (χ4v) is 2.56. The van der Waals surface area contributed by atoms with E-state index < -0.39 is 36.2 Å². The van der Waals surface area contributed by atoms with E-state index in [2.05, 4.69) is 5.32 Å². The molecule has 0 aliphatic heterocycles. The van der Waals surface area contributed by atoms with Gasteiger partial charge < -0.3 is 29.4 Å². The molecule has 0 saturated heterocycles. The van der Waals surface area contributed by atoms with Crippen molar-refractivity contribution >= 4 is 24.1 Å². The number of carbonyl (C=O) groups excluding carboxylic acids is 3. The molecule has 0 bridgehead atoms. The summed E-state index contributed by atoms with van der Waals surface area (Å²) in [6.07, 6.45) is -0.672. The molecule has 1 rings (SSSR count). The van der Waals surface area contributed by atoms with Crippen LogP contribution in [0.2, 0.25) is 0 Å². The second-order valence-corrected chi connectivity index (χ2v) is 7.68. The quantitative estimate of drug-likeness (QED) is 0.359. The lowest BCUT2D eigenvalue weighted by molar-refractivity contribution is -0.139. The van der Waals surface area contributed by atoms with Gasteiger partial charge in [0, 0.05) is 20.4 Å². The zero-order valence-corrected chi connectivity index (χ0v) is 19.0. The maximum Gasteiger partial charge on any atom is 0.508 e. The van der Waals surface area contributed by atoms with Crippen molar-refractivity contribution in [2.75, 3.05) is 13.2 Å². The molecule has 178 valence electrons. The lowest BCUT2D eigenvalue weighted by Gasteiger charge is -2.19. The summed E-state index contributed by atoms with van der Waals surface area (Å²) in [5, 5.41) is 12.4. The molecule has 0 radical (unpaired) electrons. The van der Waals surface area contributed by atoms with E-state index in [1.54, 1.807) is 13.0 Å². The zero-order chi connectivity index (χ0) is 24.3. The smallest absolute Gasteiger partial charge is 0.480 e. The van der Waals surface area contributed by atoms with E-state index in [0.29, 0.717) is 17.9 Å². The van der Waals surface area contributed by atoms with Gasteiger partial charge in [-0.25, -0.2) is 4.79 Å². The number of carboxylic acid groups (broad SMARTS) is 1. The average Bonchev–Trinajstić information content (AvgIpc) is 2.65. The second kappa shape index (κ2) is 13.3. The monoisotopic (exact) mass is 453 g/mol. The molecule has 1 aromatic carbocycles. The van der Waals surface area contributed by atoms with Gasteiger partial charge in [-0.1, -0.05) is 19.9 Å². The largest absolute Gasteiger partial charge is 0.508 e. The van der Waals surface area contributed by atoms with Crippen molar-refractivity contribution < 1.29 is 43.2 Å². The molecule has 2 N–H and O–H groups in total. The predicted octanol–water partition coefficient (Wildman–Crippen LogP) is 2.71. The standard InChI is InChI=1S/C22H31NO9/c1-13(2)8-9-29-22(28)30-14(3)12-23-18(21(26)27)10-17-6-7-19(31-15(4)24)20(11-17)32-16(5)25/h6-7,11,13-14,18,23H,8-10,12H2,1-5H3,(H,26,27)/t14?,18-/m0/s1. The van der Waals surface area contributed by atoms with Crippen LogP contribution in [0.4, 0.5) is 4.79 Å².